The van der Waals surface area contributed by atoms with Crippen molar-refractivity contribution in [3.63, 3.8) is 0 Å². The van der Waals surface area contributed by atoms with Gasteiger partial charge in [0.25, 0.3) is 0 Å². The molecular formula is C41H55N7O13S. The quantitative estimate of drug-likeness (QED) is 0.146. The van der Waals surface area contributed by atoms with E-state index < -0.39 is 159 Å². The number of aromatic nitrogens is 1. The van der Waals surface area contributed by atoms with E-state index in [2.05, 4.69) is 31.6 Å². The Labute approximate surface area is 361 Å². The van der Waals surface area contributed by atoms with Gasteiger partial charge in [-0.3, -0.25) is 43.2 Å². The number of Topliss-reactive ketones (excluding diaryl/α,β-unsaturated/α-hetero) is 2. The summed E-state index contributed by atoms with van der Waals surface area (Å²) in [5.74, 6) is -12.6. The summed E-state index contributed by atoms with van der Waals surface area (Å²) < 4.78 is 0. The second kappa shape index (κ2) is 21.1. The van der Waals surface area contributed by atoms with Crippen LogP contribution >= 0.6 is 11.8 Å². The molecule has 0 aliphatic carbocycles. The number of ketones is 2. The number of fused-ring (bicyclic) bond motifs is 5. The molecule has 4 heterocycles. The summed E-state index contributed by atoms with van der Waals surface area (Å²) in [5, 5.41) is 55.1. The van der Waals surface area contributed by atoms with Crippen molar-refractivity contribution in [2.75, 3.05) is 32.0 Å². The zero-order valence-corrected chi connectivity index (χ0v) is 35.5. The van der Waals surface area contributed by atoms with Gasteiger partial charge >= 0.3 is 5.97 Å². The van der Waals surface area contributed by atoms with Gasteiger partial charge in [-0.15, -0.1) is 11.8 Å². The Morgan fingerprint density at radius 1 is 0.871 bits per heavy atom. The molecule has 1 fully saturated rings. The molecule has 20 nitrogen and oxygen atoms in total. The average Bonchev–Trinajstić information content (AvgIpc) is 3.81. The van der Waals surface area contributed by atoms with Crippen LogP contribution in [0.5, 0.6) is 0 Å². The van der Waals surface area contributed by atoms with E-state index in [4.69, 9.17) is 0 Å². The van der Waals surface area contributed by atoms with Crippen molar-refractivity contribution in [3.8, 4) is 0 Å². The van der Waals surface area contributed by atoms with Gasteiger partial charge in [0.15, 0.2) is 11.6 Å². The fourth-order valence-electron chi connectivity index (χ4n) is 8.04. The van der Waals surface area contributed by atoms with Gasteiger partial charge in [-0.25, -0.2) is 0 Å². The number of amides is 6. The first kappa shape index (κ1) is 47.7. The number of para-hydroxylation sites is 1. The lowest BCUT2D eigenvalue weighted by molar-refractivity contribution is -0.148. The van der Waals surface area contributed by atoms with Crippen LogP contribution in [0.15, 0.2) is 29.3 Å². The third-order valence-electron chi connectivity index (χ3n) is 11.9. The van der Waals surface area contributed by atoms with Crippen molar-refractivity contribution in [1.82, 2.24) is 36.5 Å². The molecular weight excluding hydrogens is 831 g/mol. The number of aliphatic carboxylic acids is 1. The van der Waals surface area contributed by atoms with Crippen molar-refractivity contribution >= 4 is 75.6 Å². The third kappa shape index (κ3) is 11.5. The van der Waals surface area contributed by atoms with Crippen LogP contribution in [0, 0.1) is 23.7 Å². The Balaban J connectivity index is 1.69. The highest BCUT2D eigenvalue weighted by Gasteiger charge is 2.45. The number of carboxylic acids is 1. The molecule has 0 radical (unpaired) electrons. The standard InChI is InChI=1S/C41H55N7O13S/c1-4-19(2)35-39(60)43-14-32(54)44-27-18-62-40-25(24-7-5-6-8-26(24)45-40)9-21(37(58)42-15-33(55)46-35)10-30(52)36(20(3)31(53)17-49)47-38(59)28-13-23(50)16-48(28)41(61)22(11-29(27)51)12-34(56)57/h5-8,19-23,27-28,31,35-36,45,49-50,53H,4,9-18H2,1-3H3,(H,42,58)(H,43,60)(H,44,54)(H,46,55)(H,47,59)(H,56,57)/t19-,20-,21?,22-,23?,27?,28-,31-,35-,36-/m0/s1. The highest BCUT2D eigenvalue weighted by atomic mass is 32.2. The van der Waals surface area contributed by atoms with Gasteiger partial charge in [0, 0.05) is 54.3 Å². The molecule has 1 saturated heterocycles. The van der Waals surface area contributed by atoms with E-state index in [0.29, 0.717) is 27.9 Å². The van der Waals surface area contributed by atoms with Gasteiger partial charge in [0.05, 0.1) is 61.4 Å². The van der Waals surface area contributed by atoms with Crippen LogP contribution in [0.2, 0.25) is 0 Å². The van der Waals surface area contributed by atoms with Crippen molar-refractivity contribution in [2.24, 2.45) is 23.7 Å². The van der Waals surface area contributed by atoms with Crippen LogP contribution in [-0.2, 0) is 49.6 Å². The summed E-state index contributed by atoms with van der Waals surface area (Å²) in [6.07, 6.45) is -5.06. The minimum Gasteiger partial charge on any atom is -0.481 e. The topological polar surface area (TPSA) is 314 Å². The van der Waals surface area contributed by atoms with Crippen molar-refractivity contribution in [3.05, 3.63) is 29.8 Å². The highest BCUT2D eigenvalue weighted by Crippen LogP contribution is 2.34. The molecule has 2 aromatic rings. The van der Waals surface area contributed by atoms with Crippen LogP contribution in [0.1, 0.15) is 58.4 Å². The first-order valence-corrected chi connectivity index (χ1v) is 21.6. The molecule has 6 amide bonds. The molecule has 2 bridgehead atoms. The molecule has 3 aliphatic rings. The van der Waals surface area contributed by atoms with E-state index >= 15 is 0 Å². The number of H-pyrrole nitrogens is 1. The Kier molecular flexibility index (Phi) is 16.2. The van der Waals surface area contributed by atoms with Gasteiger partial charge in [0.1, 0.15) is 12.1 Å². The Hall–Kier alpha value is -5.38. The van der Waals surface area contributed by atoms with Gasteiger partial charge in [-0.1, -0.05) is 45.4 Å². The zero-order valence-electron chi connectivity index (χ0n) is 34.7. The number of aliphatic hydroxyl groups is 3. The lowest BCUT2D eigenvalue weighted by Gasteiger charge is -2.32. The molecule has 10 atom stereocenters. The molecule has 1 aromatic carbocycles. The van der Waals surface area contributed by atoms with Gasteiger partial charge in [-0.05, 0) is 24.0 Å². The Bertz CT molecular complexity index is 2060. The molecule has 0 spiro atoms. The van der Waals surface area contributed by atoms with Crippen molar-refractivity contribution in [2.45, 2.75) is 101 Å². The van der Waals surface area contributed by atoms with Crippen LogP contribution in [-0.4, -0.2) is 152 Å². The fraction of sp³-hybridized carbons (Fsp3) is 0.585. The normalized spacial score (nSPS) is 28.1. The number of carboxylic acid groups (broad SMARTS) is 1. The maximum absolute atomic E-state index is 14.5. The van der Waals surface area contributed by atoms with Gasteiger partial charge < -0.3 is 56.9 Å². The minimum atomic E-state index is -1.58. The van der Waals surface area contributed by atoms with E-state index in [1.807, 2.05) is 0 Å². The number of rotatable bonds is 7. The second-order valence-electron chi connectivity index (χ2n) is 16.3. The average molecular weight is 886 g/mol. The van der Waals surface area contributed by atoms with Crippen molar-refractivity contribution < 1.29 is 63.6 Å². The fourth-order valence-corrected chi connectivity index (χ4v) is 9.20. The largest absolute Gasteiger partial charge is 0.481 e. The van der Waals surface area contributed by atoms with Gasteiger partial charge in [0.2, 0.25) is 35.4 Å². The summed E-state index contributed by atoms with van der Waals surface area (Å²) in [5.41, 5.74) is 1.13. The Morgan fingerprint density at radius 3 is 2.23 bits per heavy atom. The van der Waals surface area contributed by atoms with Crippen LogP contribution in [0.4, 0.5) is 0 Å². The lowest BCUT2D eigenvalue weighted by Crippen LogP contribution is -2.56. The molecule has 3 unspecified atom stereocenters. The highest BCUT2D eigenvalue weighted by molar-refractivity contribution is 7.99. The molecule has 3 aliphatic heterocycles. The van der Waals surface area contributed by atoms with Crippen molar-refractivity contribution in [1.29, 1.82) is 0 Å². The summed E-state index contributed by atoms with van der Waals surface area (Å²) in [6.45, 7) is 2.38. The summed E-state index contributed by atoms with van der Waals surface area (Å²) >= 11 is 1.07. The number of aliphatic hydroxyl groups excluding tert-OH is 3. The molecule has 5 rings (SSSR count). The van der Waals surface area contributed by atoms with E-state index in [9.17, 15) is 63.6 Å². The number of nitrogens with zero attached hydrogens (tertiary/aromatic N) is 1. The van der Waals surface area contributed by atoms with Crippen LogP contribution in [0.3, 0.4) is 0 Å². The Morgan fingerprint density at radius 2 is 1.55 bits per heavy atom. The number of carbonyl (C=O) groups is 9. The summed E-state index contributed by atoms with van der Waals surface area (Å²) in [7, 11) is 0. The second-order valence-corrected chi connectivity index (χ2v) is 17.3. The SMILES string of the molecule is CC[C@H](C)[C@@H]1NC(=O)CNC(=O)C2CC(=O)[C@H]([C@@H](C)[C@@H](O)CO)NC(=O)[C@@H]3CC(O)CN3C(=O)[C@H](CC(=O)O)CC(=O)C(CSc3[nH]c4ccccc4c3C2)NC(=O)CNC1=O. The summed E-state index contributed by atoms with van der Waals surface area (Å²) in [6, 6.07) is 1.44. The van der Waals surface area contributed by atoms with Gasteiger partial charge in [-0.2, -0.15) is 0 Å². The van der Waals surface area contributed by atoms with E-state index in [1.54, 1.807) is 38.1 Å². The smallest absolute Gasteiger partial charge is 0.304 e. The number of thioether (sulfide) groups is 1. The summed E-state index contributed by atoms with van der Waals surface area (Å²) in [4.78, 5) is 128. The molecule has 338 valence electrons. The molecule has 62 heavy (non-hydrogen) atoms. The van der Waals surface area contributed by atoms with Crippen LogP contribution in [0.25, 0.3) is 10.9 Å². The van der Waals surface area contributed by atoms with Crippen LogP contribution < -0.4 is 26.6 Å². The maximum atomic E-state index is 14.5. The van der Waals surface area contributed by atoms with E-state index in [1.165, 1.54) is 6.92 Å². The number of nitrogens with one attached hydrogen (secondary N) is 6. The number of hydrogen-bond acceptors (Lipinski definition) is 13. The first-order valence-electron chi connectivity index (χ1n) is 20.6. The third-order valence-corrected chi connectivity index (χ3v) is 13.0. The monoisotopic (exact) mass is 885 g/mol. The molecule has 0 saturated carbocycles. The van der Waals surface area contributed by atoms with E-state index in [-0.39, 0.29) is 18.6 Å². The molecule has 1 aromatic heterocycles. The zero-order chi connectivity index (χ0) is 45.4. The molecule has 10 N–H and O–H groups in total. The predicted octanol–water partition coefficient (Wildman–Crippen LogP) is -1.86. The maximum Gasteiger partial charge on any atom is 0.304 e. The molecule has 21 heteroatoms. The number of carbonyl (C=O) groups excluding carboxylic acids is 8. The van der Waals surface area contributed by atoms with E-state index in [0.717, 1.165) is 16.7 Å². The number of benzene rings is 1. The number of aromatic amines is 1. The predicted molar refractivity (Wildman–Crippen MR) is 221 cm³/mol. The number of hydrogen-bond donors (Lipinski definition) is 10. The minimum absolute atomic E-state index is 0.149. The lowest BCUT2D eigenvalue weighted by atomic mass is 9.85. The first-order chi connectivity index (χ1) is 29.4.